The van der Waals surface area contributed by atoms with Crippen molar-refractivity contribution in [2.75, 3.05) is 26.1 Å². The number of carbonyl (C=O) groups is 4. The van der Waals surface area contributed by atoms with Crippen molar-refractivity contribution in [1.82, 2.24) is 10.2 Å². The van der Waals surface area contributed by atoms with Gasteiger partial charge in [0.15, 0.2) is 5.72 Å². The summed E-state index contributed by atoms with van der Waals surface area (Å²) in [6.07, 6.45) is 1.30. The zero-order chi connectivity index (χ0) is 35.4. The predicted octanol–water partition coefficient (Wildman–Crippen LogP) is 3.21. The van der Waals surface area contributed by atoms with Crippen LogP contribution in [0.15, 0.2) is 35.9 Å². The fourth-order valence-corrected chi connectivity index (χ4v) is 6.02. The molecule has 4 unspecified atom stereocenters. The molecular formula is C35H50N3O9Y-. The van der Waals surface area contributed by atoms with Gasteiger partial charge in [0.05, 0.1) is 6.42 Å². The van der Waals surface area contributed by atoms with Crippen LogP contribution < -0.4 is 10.2 Å². The Morgan fingerprint density at radius 1 is 1.21 bits per heavy atom. The van der Waals surface area contributed by atoms with E-state index in [0.29, 0.717) is 12.1 Å². The minimum Gasteiger partial charge on any atom is -0.457 e. The molecule has 1 aromatic rings. The second kappa shape index (κ2) is 16.8. The molecule has 8 atom stereocenters. The van der Waals surface area contributed by atoms with Crippen molar-refractivity contribution >= 4 is 29.6 Å². The van der Waals surface area contributed by atoms with E-state index < -0.39 is 71.9 Å². The van der Waals surface area contributed by atoms with Crippen LogP contribution in [-0.4, -0.2) is 95.9 Å². The summed E-state index contributed by atoms with van der Waals surface area (Å²) >= 11 is 0. The first-order chi connectivity index (χ1) is 21.8. The van der Waals surface area contributed by atoms with Crippen LogP contribution >= 0.6 is 0 Å². The number of methoxy groups -OCH3 is 1. The summed E-state index contributed by atoms with van der Waals surface area (Å²) in [5.74, 6) is -2.96. The first-order valence-corrected chi connectivity index (χ1v) is 15.8. The van der Waals surface area contributed by atoms with Gasteiger partial charge in [-0.1, -0.05) is 50.3 Å². The normalized spacial score (nSPS) is 32.4. The number of ether oxygens (including phenoxy) is 3. The van der Waals surface area contributed by atoms with Gasteiger partial charge in [0.2, 0.25) is 11.8 Å². The van der Waals surface area contributed by atoms with Crippen LogP contribution in [0.2, 0.25) is 0 Å². The maximum absolute atomic E-state index is 13.8. The molecule has 0 aromatic heterocycles. The molecule has 13 heteroatoms. The number of alkyl carbamates (subject to hydrolysis) is 1. The van der Waals surface area contributed by atoms with Crippen molar-refractivity contribution in [2.45, 2.75) is 103 Å². The number of hydrogen-bond acceptors (Lipinski definition) is 9. The fourth-order valence-electron chi connectivity index (χ4n) is 6.02. The van der Waals surface area contributed by atoms with E-state index in [9.17, 15) is 29.4 Å². The number of anilines is 1. The van der Waals surface area contributed by atoms with E-state index >= 15 is 0 Å². The van der Waals surface area contributed by atoms with Gasteiger partial charge in [-0.2, -0.15) is 23.3 Å². The smallest absolute Gasteiger partial charge is 0.409 e. The molecule has 2 aliphatic rings. The minimum absolute atomic E-state index is 0. The molecular weight excluding hydrogens is 695 g/mol. The Hall–Kier alpha value is -2.64. The first-order valence-electron chi connectivity index (χ1n) is 15.8. The molecule has 3 rings (SSSR count). The third kappa shape index (κ3) is 9.75. The summed E-state index contributed by atoms with van der Waals surface area (Å²) in [4.78, 5) is 54.5. The number of aryl methyl sites for hydroxylation is 1. The molecule has 4 bridgehead atoms. The van der Waals surface area contributed by atoms with Gasteiger partial charge in [-0.25, -0.2) is 9.59 Å². The number of likely N-dealkylation sites (N-methyl/N-ethyl adjacent to an activating group) is 1. The quantitative estimate of drug-likeness (QED) is 0.312. The zero-order valence-electron chi connectivity index (χ0n) is 29.7. The van der Waals surface area contributed by atoms with E-state index in [1.54, 1.807) is 33.0 Å². The van der Waals surface area contributed by atoms with E-state index in [1.807, 2.05) is 32.1 Å². The number of carbonyl (C=O) groups excluding carboxylic acids is 4. The van der Waals surface area contributed by atoms with Crippen molar-refractivity contribution in [2.24, 2.45) is 11.8 Å². The van der Waals surface area contributed by atoms with Gasteiger partial charge >= 0.3 is 12.1 Å². The number of hydrogen-bond donors (Lipinski definition) is 3. The molecule has 2 heterocycles. The molecule has 2 aliphatic heterocycles. The third-order valence-electron chi connectivity index (χ3n) is 9.73. The van der Waals surface area contributed by atoms with Gasteiger partial charge in [0, 0.05) is 67.3 Å². The zero-order valence-corrected chi connectivity index (χ0v) is 32.5. The number of amides is 3. The van der Waals surface area contributed by atoms with Gasteiger partial charge in [0.1, 0.15) is 30.0 Å². The average Bonchev–Trinajstić information content (AvgIpc) is 2.99. The van der Waals surface area contributed by atoms with Crippen molar-refractivity contribution in [3.8, 4) is 0 Å². The molecule has 1 aromatic carbocycles. The summed E-state index contributed by atoms with van der Waals surface area (Å²) in [6.45, 7) is 11.5. The Kier molecular flexibility index (Phi) is 14.6. The van der Waals surface area contributed by atoms with Crippen LogP contribution in [-0.2, 0) is 67.7 Å². The fraction of sp³-hybridized carbons (Fsp3) is 0.600. The topological polar surface area (TPSA) is 155 Å². The number of benzene rings is 1. The van der Waals surface area contributed by atoms with E-state index in [-0.39, 0.29) is 45.0 Å². The van der Waals surface area contributed by atoms with Crippen LogP contribution in [0.4, 0.5) is 10.5 Å². The summed E-state index contributed by atoms with van der Waals surface area (Å²) in [6, 6.07) is 6.04. The molecule has 263 valence electrons. The SMILES string of the molecule is CO[C@@H]1/C=C/C=C(\C)Cc2cc(C)[c-]c(c2)N(C)C(=O)C[C@H](OC(=O)C(C)N(C)C(C)=O)C(C)(O)C(C)[C@H](C)C2C[C@@]1(O)NC(=O)O2.[Y]. The molecule has 1 radical (unpaired) electrons. The summed E-state index contributed by atoms with van der Waals surface area (Å²) in [5, 5.41) is 26.3. The Balaban J connectivity index is 0.00000800. The predicted molar refractivity (Wildman–Crippen MR) is 175 cm³/mol. The number of nitrogens with one attached hydrogen (secondary N) is 1. The Morgan fingerprint density at radius 2 is 1.85 bits per heavy atom. The molecule has 12 nitrogen and oxygen atoms in total. The molecule has 48 heavy (non-hydrogen) atoms. The molecule has 3 N–H and O–H groups in total. The molecule has 1 fully saturated rings. The van der Waals surface area contributed by atoms with E-state index in [1.165, 1.54) is 44.7 Å². The maximum Gasteiger partial charge on any atom is 0.409 e. The monoisotopic (exact) mass is 745 g/mol. The van der Waals surface area contributed by atoms with Crippen LogP contribution in [0.1, 0.15) is 65.5 Å². The number of esters is 1. The Bertz CT molecular complexity index is 1410. The van der Waals surface area contributed by atoms with Crippen LogP contribution in [0.5, 0.6) is 0 Å². The van der Waals surface area contributed by atoms with Crippen LogP contribution in [0, 0.1) is 24.8 Å². The average molecular weight is 746 g/mol. The van der Waals surface area contributed by atoms with Crippen molar-refractivity contribution in [1.29, 1.82) is 0 Å². The Morgan fingerprint density at radius 3 is 2.46 bits per heavy atom. The molecule has 3 amide bonds. The number of rotatable bonds is 4. The standard InChI is InChI=1S/C35H50N3O9.Y/c1-20-12-11-13-29(45-10)35(44)19-28(46-33(42)36-35)22(3)23(4)34(7,43)30(47-32(41)24(5)37(8)25(6)39)18-31(40)38(9)27-16-21(2)15-26(14-20)17-27;/h11-13,15,17,22-24,28-30,43-44H,14,18-19H2,1-10H3,(H,36,42);/q-1;/b13-11+,20-12+;/t22-,23?,24?,28?,29+,30-,34?,35-;/m0./s1. The Labute approximate surface area is 309 Å². The molecule has 0 aliphatic carbocycles. The molecule has 0 saturated carbocycles. The second-order valence-electron chi connectivity index (χ2n) is 13.2. The largest absolute Gasteiger partial charge is 0.457 e. The van der Waals surface area contributed by atoms with Gasteiger partial charge in [-0.3, -0.25) is 14.9 Å². The van der Waals surface area contributed by atoms with Gasteiger partial charge in [-0.15, -0.1) is 6.07 Å². The van der Waals surface area contributed by atoms with Crippen molar-refractivity contribution < 1.29 is 76.3 Å². The number of allylic oxidation sites excluding steroid dienone is 3. The van der Waals surface area contributed by atoms with Crippen molar-refractivity contribution in [3.05, 3.63) is 53.1 Å². The second-order valence-corrected chi connectivity index (χ2v) is 13.2. The molecule has 1 saturated heterocycles. The minimum atomic E-state index is -1.85. The summed E-state index contributed by atoms with van der Waals surface area (Å²) in [7, 11) is 4.48. The van der Waals surface area contributed by atoms with Crippen LogP contribution in [0.3, 0.4) is 0 Å². The number of fused-ring (bicyclic) bond motifs is 4. The van der Waals surface area contributed by atoms with E-state index in [2.05, 4.69) is 11.4 Å². The number of aliphatic hydroxyl groups is 2. The summed E-state index contributed by atoms with van der Waals surface area (Å²) < 4.78 is 17.1. The third-order valence-corrected chi connectivity index (χ3v) is 9.73. The maximum atomic E-state index is 13.8. The number of nitrogens with zero attached hydrogens (tertiary/aromatic N) is 2. The van der Waals surface area contributed by atoms with E-state index in [4.69, 9.17) is 14.2 Å². The van der Waals surface area contributed by atoms with Gasteiger partial charge < -0.3 is 34.2 Å². The summed E-state index contributed by atoms with van der Waals surface area (Å²) in [5.41, 5.74) is -0.452. The van der Waals surface area contributed by atoms with Crippen LogP contribution in [0.25, 0.3) is 0 Å². The first kappa shape index (κ1) is 41.5. The van der Waals surface area contributed by atoms with Gasteiger partial charge in [0.25, 0.3) is 0 Å². The molecule has 0 spiro atoms. The van der Waals surface area contributed by atoms with E-state index in [0.717, 1.165) is 16.7 Å². The van der Waals surface area contributed by atoms with Gasteiger partial charge in [-0.05, 0) is 39.0 Å². The van der Waals surface area contributed by atoms with Crippen molar-refractivity contribution in [3.63, 3.8) is 0 Å².